The van der Waals surface area contributed by atoms with Gasteiger partial charge in [0.25, 0.3) is 5.91 Å². The average molecular weight is 287 g/mol. The standard InChI is InChI=1S/C14H17N5O2/c1-2-3-4-10-9(7-15)12(13(16)20)11-8-18(14(17)21)5-6-19(10)11/h2-3H,4-6,8H2,1H3,(H2,16,20)(H2,17,21)/b3-2-. The number of nitriles is 1. The Morgan fingerprint density at radius 1 is 1.38 bits per heavy atom. The summed E-state index contributed by atoms with van der Waals surface area (Å²) in [6, 6.07) is 1.52. The Balaban J connectivity index is 2.60. The molecule has 0 saturated carbocycles. The van der Waals surface area contributed by atoms with Crippen LogP contribution in [0.2, 0.25) is 0 Å². The van der Waals surface area contributed by atoms with E-state index in [9.17, 15) is 14.9 Å². The lowest BCUT2D eigenvalue weighted by molar-refractivity contribution is 0.0996. The van der Waals surface area contributed by atoms with Gasteiger partial charge in [-0.2, -0.15) is 5.26 Å². The number of fused-ring (bicyclic) bond motifs is 1. The van der Waals surface area contributed by atoms with E-state index in [1.54, 1.807) is 0 Å². The molecule has 0 saturated heterocycles. The molecule has 7 heteroatoms. The number of aromatic nitrogens is 1. The fourth-order valence-electron chi connectivity index (χ4n) is 2.65. The number of carbonyl (C=O) groups excluding carboxylic acids is 2. The van der Waals surface area contributed by atoms with Crippen molar-refractivity contribution in [3.05, 3.63) is 34.7 Å². The molecule has 0 bridgehead atoms. The van der Waals surface area contributed by atoms with Crippen molar-refractivity contribution in [3.8, 4) is 6.07 Å². The Labute approximate surface area is 122 Å². The molecule has 0 unspecified atom stereocenters. The fraction of sp³-hybridized carbons (Fsp3) is 0.357. The number of carbonyl (C=O) groups is 2. The van der Waals surface area contributed by atoms with Crippen LogP contribution in [0.3, 0.4) is 0 Å². The molecular weight excluding hydrogens is 270 g/mol. The molecule has 4 N–H and O–H groups in total. The Morgan fingerprint density at radius 2 is 2.10 bits per heavy atom. The van der Waals surface area contributed by atoms with E-state index in [4.69, 9.17) is 11.5 Å². The fourth-order valence-corrected chi connectivity index (χ4v) is 2.65. The van der Waals surface area contributed by atoms with Crippen molar-refractivity contribution >= 4 is 11.9 Å². The second-order valence-electron chi connectivity index (χ2n) is 4.80. The van der Waals surface area contributed by atoms with E-state index in [2.05, 4.69) is 6.07 Å². The van der Waals surface area contributed by atoms with Crippen molar-refractivity contribution in [2.24, 2.45) is 11.5 Å². The molecule has 0 atom stereocenters. The number of hydrogen-bond donors (Lipinski definition) is 2. The quantitative estimate of drug-likeness (QED) is 0.786. The van der Waals surface area contributed by atoms with Crippen LogP contribution in [0, 0.1) is 11.3 Å². The molecule has 7 nitrogen and oxygen atoms in total. The summed E-state index contributed by atoms with van der Waals surface area (Å²) in [6.45, 7) is 3.02. The van der Waals surface area contributed by atoms with Crippen LogP contribution in [-0.4, -0.2) is 28.0 Å². The molecule has 1 aliphatic rings. The molecule has 1 aromatic rings. The van der Waals surface area contributed by atoms with Crippen molar-refractivity contribution in [2.45, 2.75) is 26.4 Å². The minimum absolute atomic E-state index is 0.193. The normalized spacial score (nSPS) is 14.0. The van der Waals surface area contributed by atoms with Crippen LogP contribution in [0.15, 0.2) is 12.2 Å². The highest BCUT2D eigenvalue weighted by Gasteiger charge is 2.30. The molecule has 0 aromatic carbocycles. The highest BCUT2D eigenvalue weighted by atomic mass is 16.2. The number of urea groups is 1. The van der Waals surface area contributed by atoms with Gasteiger partial charge in [-0.1, -0.05) is 12.2 Å². The van der Waals surface area contributed by atoms with Crippen LogP contribution in [-0.2, 0) is 19.5 Å². The summed E-state index contributed by atoms with van der Waals surface area (Å²) >= 11 is 0. The Bertz CT molecular complexity index is 666. The first kappa shape index (κ1) is 14.7. The SMILES string of the molecule is C/C=C\Cc1c(C#N)c(C(N)=O)c2n1CCN(C(N)=O)C2. The molecule has 3 amide bonds. The molecule has 21 heavy (non-hydrogen) atoms. The third kappa shape index (κ3) is 2.48. The van der Waals surface area contributed by atoms with Crippen molar-refractivity contribution < 1.29 is 9.59 Å². The van der Waals surface area contributed by atoms with Gasteiger partial charge in [-0.3, -0.25) is 4.79 Å². The number of allylic oxidation sites excluding steroid dienone is 2. The number of rotatable bonds is 3. The van der Waals surface area contributed by atoms with Crippen molar-refractivity contribution in [3.63, 3.8) is 0 Å². The molecule has 110 valence electrons. The number of nitrogens with two attached hydrogens (primary N) is 2. The van der Waals surface area contributed by atoms with E-state index < -0.39 is 11.9 Å². The number of hydrogen-bond acceptors (Lipinski definition) is 3. The smallest absolute Gasteiger partial charge is 0.315 e. The summed E-state index contributed by atoms with van der Waals surface area (Å²) in [5.74, 6) is -0.659. The van der Waals surface area contributed by atoms with E-state index in [0.717, 1.165) is 5.69 Å². The van der Waals surface area contributed by atoms with Gasteiger partial charge in [0.05, 0.1) is 23.4 Å². The maximum absolute atomic E-state index is 11.7. The zero-order chi connectivity index (χ0) is 15.6. The van der Waals surface area contributed by atoms with E-state index >= 15 is 0 Å². The molecule has 2 heterocycles. The summed E-state index contributed by atoms with van der Waals surface area (Å²) in [5, 5.41) is 9.37. The van der Waals surface area contributed by atoms with Crippen molar-refractivity contribution in [1.29, 1.82) is 5.26 Å². The van der Waals surface area contributed by atoms with Crippen LogP contribution in [0.25, 0.3) is 0 Å². The lowest BCUT2D eigenvalue weighted by atomic mass is 10.1. The lowest BCUT2D eigenvalue weighted by Crippen LogP contribution is -2.42. The summed E-state index contributed by atoms with van der Waals surface area (Å²) in [6.07, 6.45) is 4.33. The maximum Gasteiger partial charge on any atom is 0.315 e. The van der Waals surface area contributed by atoms with E-state index in [0.29, 0.717) is 30.8 Å². The number of amides is 3. The first-order chi connectivity index (χ1) is 10.0. The van der Waals surface area contributed by atoms with Gasteiger partial charge in [0.2, 0.25) is 0 Å². The third-order valence-electron chi connectivity index (χ3n) is 3.63. The molecule has 0 aliphatic carbocycles. The molecule has 0 radical (unpaired) electrons. The number of nitrogens with zero attached hydrogens (tertiary/aromatic N) is 3. The Hall–Kier alpha value is -2.75. The summed E-state index contributed by atoms with van der Waals surface area (Å²) in [5.41, 5.74) is 12.5. The molecule has 2 rings (SSSR count). The largest absolute Gasteiger partial charge is 0.366 e. The van der Waals surface area contributed by atoms with Crippen molar-refractivity contribution in [2.75, 3.05) is 6.54 Å². The van der Waals surface area contributed by atoms with E-state index in [1.165, 1.54) is 4.90 Å². The van der Waals surface area contributed by atoms with E-state index in [1.807, 2.05) is 23.6 Å². The highest BCUT2D eigenvalue weighted by Crippen LogP contribution is 2.27. The number of primary amides is 2. The van der Waals surface area contributed by atoms with Gasteiger partial charge in [0, 0.05) is 25.2 Å². The predicted molar refractivity (Wildman–Crippen MR) is 76.2 cm³/mol. The van der Waals surface area contributed by atoms with Gasteiger partial charge in [-0.05, 0) is 6.92 Å². The average Bonchev–Trinajstić information content (AvgIpc) is 2.77. The predicted octanol–water partition coefficient (Wildman–Crippen LogP) is 0.472. The van der Waals surface area contributed by atoms with E-state index in [-0.39, 0.29) is 12.1 Å². The molecule has 0 fully saturated rings. The molecule has 1 aliphatic heterocycles. The molecule has 0 spiro atoms. The summed E-state index contributed by atoms with van der Waals surface area (Å²) < 4.78 is 1.90. The van der Waals surface area contributed by atoms with Gasteiger partial charge >= 0.3 is 6.03 Å². The highest BCUT2D eigenvalue weighted by molar-refractivity contribution is 5.97. The third-order valence-corrected chi connectivity index (χ3v) is 3.63. The van der Waals surface area contributed by atoms with Gasteiger partial charge in [-0.25, -0.2) is 4.79 Å². The van der Waals surface area contributed by atoms with Gasteiger partial charge in [0.15, 0.2) is 0 Å². The second kappa shape index (κ2) is 5.71. The molecule has 1 aromatic heterocycles. The maximum atomic E-state index is 11.7. The summed E-state index contributed by atoms with van der Waals surface area (Å²) in [4.78, 5) is 24.5. The van der Waals surface area contributed by atoms with Crippen molar-refractivity contribution in [1.82, 2.24) is 9.47 Å². The molecular formula is C14H17N5O2. The van der Waals surface area contributed by atoms with Crippen LogP contribution in [0.4, 0.5) is 4.79 Å². The van der Waals surface area contributed by atoms with Crippen LogP contribution in [0.1, 0.15) is 34.2 Å². The van der Waals surface area contributed by atoms with Gasteiger partial charge in [0.1, 0.15) is 6.07 Å². The van der Waals surface area contributed by atoms with Crippen LogP contribution < -0.4 is 11.5 Å². The summed E-state index contributed by atoms with van der Waals surface area (Å²) in [7, 11) is 0. The topological polar surface area (TPSA) is 118 Å². The first-order valence-corrected chi connectivity index (χ1v) is 6.60. The monoisotopic (exact) mass is 287 g/mol. The Morgan fingerprint density at radius 3 is 2.62 bits per heavy atom. The minimum Gasteiger partial charge on any atom is -0.366 e. The van der Waals surface area contributed by atoms with Crippen LogP contribution >= 0.6 is 0 Å². The minimum atomic E-state index is -0.659. The van der Waals surface area contributed by atoms with Gasteiger partial charge < -0.3 is 20.9 Å². The zero-order valence-electron chi connectivity index (χ0n) is 11.8. The van der Waals surface area contributed by atoms with Gasteiger partial charge in [-0.15, -0.1) is 0 Å². The second-order valence-corrected chi connectivity index (χ2v) is 4.80. The van der Waals surface area contributed by atoms with Crippen LogP contribution in [0.5, 0.6) is 0 Å². The zero-order valence-corrected chi connectivity index (χ0v) is 11.8. The first-order valence-electron chi connectivity index (χ1n) is 6.60. The Kier molecular flexibility index (Phi) is 3.98. The lowest BCUT2D eigenvalue weighted by Gasteiger charge is -2.28.